The highest BCUT2D eigenvalue weighted by Gasteiger charge is 2.48. The maximum Gasteiger partial charge on any atom is 0.334 e. The molecule has 1 fully saturated rings. The standard InChI is InChI=1S/C15H17N3O5S/c1-10(19)18(7-2-5-16-6-8-18)24(22,23)11-3-4-13-12(9-11)14(20)15(21)17-13/h3-4,9,16H,2,5-8H2,1H3/p+1. The second-order valence-electron chi connectivity index (χ2n) is 5.92. The average Bonchev–Trinajstić information content (AvgIpc) is 2.73. The van der Waals surface area contributed by atoms with Gasteiger partial charge in [-0.2, -0.15) is 12.3 Å². The Morgan fingerprint density at radius 2 is 1.92 bits per heavy atom. The Labute approximate surface area is 139 Å². The Morgan fingerprint density at radius 1 is 1.17 bits per heavy atom. The van der Waals surface area contributed by atoms with E-state index in [1.54, 1.807) is 0 Å². The van der Waals surface area contributed by atoms with Crippen LogP contribution in [0.2, 0.25) is 0 Å². The van der Waals surface area contributed by atoms with Crippen LogP contribution in [-0.4, -0.2) is 56.1 Å². The second kappa shape index (κ2) is 5.76. The van der Waals surface area contributed by atoms with Gasteiger partial charge in [0, 0.05) is 19.5 Å². The van der Waals surface area contributed by atoms with Crippen LogP contribution in [0.1, 0.15) is 23.7 Å². The van der Waals surface area contributed by atoms with E-state index in [9.17, 15) is 22.8 Å². The first-order valence-corrected chi connectivity index (χ1v) is 9.07. The van der Waals surface area contributed by atoms with Crippen LogP contribution in [-0.2, 0) is 19.6 Å². The third kappa shape index (κ3) is 2.36. The molecule has 3 rings (SSSR count). The van der Waals surface area contributed by atoms with Crippen molar-refractivity contribution in [2.45, 2.75) is 18.2 Å². The van der Waals surface area contributed by atoms with E-state index in [1.807, 2.05) is 0 Å². The number of quaternary nitrogens is 1. The van der Waals surface area contributed by atoms with E-state index in [0.29, 0.717) is 19.5 Å². The van der Waals surface area contributed by atoms with Gasteiger partial charge in [-0.1, -0.05) is 0 Å². The van der Waals surface area contributed by atoms with Crippen LogP contribution >= 0.6 is 0 Å². The molecule has 9 heteroatoms. The normalized spacial score (nSPS) is 24.2. The number of Topliss-reactive ketones (excluding diaryl/α,β-unsaturated/α-hetero) is 1. The molecule has 2 amide bonds. The van der Waals surface area contributed by atoms with Crippen LogP contribution in [0.3, 0.4) is 0 Å². The Bertz CT molecular complexity index is 839. The number of ketones is 1. The van der Waals surface area contributed by atoms with Gasteiger partial charge >= 0.3 is 15.9 Å². The van der Waals surface area contributed by atoms with Crippen LogP contribution in [0.4, 0.5) is 5.69 Å². The molecule has 2 heterocycles. The molecule has 0 spiro atoms. The van der Waals surface area contributed by atoms with Gasteiger partial charge in [0.1, 0.15) is 18.0 Å². The molecule has 1 saturated heterocycles. The van der Waals surface area contributed by atoms with Gasteiger partial charge in [0.15, 0.2) is 0 Å². The van der Waals surface area contributed by atoms with Crippen molar-refractivity contribution in [3.8, 4) is 0 Å². The van der Waals surface area contributed by atoms with Crippen molar-refractivity contribution in [2.24, 2.45) is 0 Å². The fraction of sp³-hybridized carbons (Fsp3) is 0.400. The molecule has 2 N–H and O–H groups in total. The number of nitrogens with one attached hydrogen (secondary N) is 2. The molecule has 2 aliphatic rings. The van der Waals surface area contributed by atoms with Crippen LogP contribution in [0, 0.1) is 0 Å². The fourth-order valence-electron chi connectivity index (χ4n) is 3.16. The topological polar surface area (TPSA) is 109 Å². The Kier molecular flexibility index (Phi) is 4.02. The average molecular weight is 352 g/mol. The first-order valence-electron chi connectivity index (χ1n) is 7.63. The molecule has 0 aromatic heterocycles. The highest BCUT2D eigenvalue weighted by molar-refractivity contribution is 7.86. The maximum atomic E-state index is 13.2. The summed E-state index contributed by atoms with van der Waals surface area (Å²) >= 11 is 0. The minimum Gasteiger partial charge on any atom is -0.318 e. The summed E-state index contributed by atoms with van der Waals surface area (Å²) in [6.07, 6.45) is 0.544. The van der Waals surface area contributed by atoms with Gasteiger partial charge < -0.3 is 10.6 Å². The summed E-state index contributed by atoms with van der Waals surface area (Å²) in [7, 11) is -4.05. The lowest BCUT2D eigenvalue weighted by Gasteiger charge is -2.32. The summed E-state index contributed by atoms with van der Waals surface area (Å²) in [4.78, 5) is 35.4. The minimum absolute atomic E-state index is 0.0238. The Morgan fingerprint density at radius 3 is 2.62 bits per heavy atom. The Balaban J connectivity index is 2.12. The van der Waals surface area contributed by atoms with Crippen LogP contribution in [0.15, 0.2) is 23.1 Å². The van der Waals surface area contributed by atoms with Crippen molar-refractivity contribution in [1.82, 2.24) is 5.32 Å². The summed E-state index contributed by atoms with van der Waals surface area (Å²) in [5, 5.41) is 5.48. The molecule has 128 valence electrons. The third-order valence-electron chi connectivity index (χ3n) is 4.54. The maximum absolute atomic E-state index is 13.2. The van der Waals surface area contributed by atoms with Gasteiger partial charge in [0.25, 0.3) is 11.7 Å². The summed E-state index contributed by atoms with van der Waals surface area (Å²) in [5.41, 5.74) is 0.312. The molecular weight excluding hydrogens is 334 g/mol. The van der Waals surface area contributed by atoms with Crippen LogP contribution < -0.4 is 10.6 Å². The number of carbonyl (C=O) groups is 3. The number of rotatable bonds is 2. The molecule has 8 nitrogen and oxygen atoms in total. The summed E-state index contributed by atoms with van der Waals surface area (Å²) in [5.74, 6) is -2.01. The van der Waals surface area contributed by atoms with E-state index in [1.165, 1.54) is 25.1 Å². The zero-order valence-corrected chi connectivity index (χ0v) is 14.0. The Hall–Kier alpha value is -2.10. The van der Waals surface area contributed by atoms with E-state index in [4.69, 9.17) is 0 Å². The van der Waals surface area contributed by atoms with E-state index < -0.39 is 31.5 Å². The largest absolute Gasteiger partial charge is 0.334 e. The number of benzene rings is 1. The number of nitrogens with zero attached hydrogens (tertiary/aromatic N) is 1. The van der Waals surface area contributed by atoms with Crippen LogP contribution in [0.25, 0.3) is 0 Å². The molecule has 0 bridgehead atoms. The van der Waals surface area contributed by atoms with Crippen molar-refractivity contribution in [2.75, 3.05) is 31.5 Å². The molecule has 1 aromatic carbocycles. The lowest BCUT2D eigenvalue weighted by Crippen LogP contribution is -2.57. The second-order valence-corrected chi connectivity index (χ2v) is 8.05. The lowest BCUT2D eigenvalue weighted by molar-refractivity contribution is -0.724. The van der Waals surface area contributed by atoms with Gasteiger partial charge in [0.2, 0.25) is 0 Å². The number of hydrogen-bond donors (Lipinski definition) is 2. The zero-order chi connectivity index (χ0) is 17.5. The van der Waals surface area contributed by atoms with E-state index in [2.05, 4.69) is 10.6 Å². The van der Waals surface area contributed by atoms with Crippen molar-refractivity contribution in [3.63, 3.8) is 0 Å². The number of hydrogen-bond acceptors (Lipinski definition) is 6. The highest BCUT2D eigenvalue weighted by atomic mass is 32.2. The fourth-order valence-corrected chi connectivity index (χ4v) is 5.11. The van der Waals surface area contributed by atoms with Gasteiger partial charge in [-0.3, -0.25) is 9.59 Å². The van der Waals surface area contributed by atoms with Crippen molar-refractivity contribution in [1.29, 1.82) is 0 Å². The van der Waals surface area contributed by atoms with E-state index in [0.717, 1.165) is 0 Å². The molecule has 2 aliphatic heterocycles. The smallest absolute Gasteiger partial charge is 0.318 e. The number of anilines is 1. The van der Waals surface area contributed by atoms with Gasteiger partial charge in [-0.25, -0.2) is 4.79 Å². The lowest BCUT2D eigenvalue weighted by atomic mass is 10.1. The van der Waals surface area contributed by atoms with Crippen molar-refractivity contribution < 1.29 is 26.7 Å². The summed E-state index contributed by atoms with van der Waals surface area (Å²) in [6, 6.07) is 3.90. The minimum atomic E-state index is -4.05. The SMILES string of the molecule is CC(=O)[N+]1(S(=O)(=O)c2ccc3c(c2)C(=O)C(=O)N3)CCCNCC1. The predicted molar refractivity (Wildman–Crippen MR) is 84.8 cm³/mol. The molecule has 1 unspecified atom stereocenters. The quantitative estimate of drug-likeness (QED) is 0.567. The number of fused-ring (bicyclic) bond motifs is 1. The molecular formula is C15H18N3O5S+. The van der Waals surface area contributed by atoms with E-state index >= 15 is 0 Å². The van der Waals surface area contributed by atoms with Crippen molar-refractivity contribution in [3.05, 3.63) is 23.8 Å². The monoisotopic (exact) mass is 352 g/mol. The molecule has 1 atom stereocenters. The zero-order valence-electron chi connectivity index (χ0n) is 13.2. The summed E-state index contributed by atoms with van der Waals surface area (Å²) in [6.45, 7) is 2.62. The predicted octanol–water partition coefficient (Wildman–Crippen LogP) is -0.133. The van der Waals surface area contributed by atoms with Crippen molar-refractivity contribution >= 4 is 33.3 Å². The number of carbonyl (C=O) groups excluding carboxylic acids is 3. The number of amides is 2. The van der Waals surface area contributed by atoms with E-state index in [-0.39, 0.29) is 29.2 Å². The highest BCUT2D eigenvalue weighted by Crippen LogP contribution is 2.31. The summed E-state index contributed by atoms with van der Waals surface area (Å²) < 4.78 is 25.7. The molecule has 1 aromatic rings. The molecule has 0 radical (unpaired) electrons. The molecule has 24 heavy (non-hydrogen) atoms. The first kappa shape index (κ1) is 16.7. The molecule has 0 saturated carbocycles. The third-order valence-corrected chi connectivity index (χ3v) is 6.94. The molecule has 0 aliphatic carbocycles. The van der Waals surface area contributed by atoms with Gasteiger partial charge in [-0.05, 0) is 18.2 Å². The van der Waals surface area contributed by atoms with Gasteiger partial charge in [-0.15, -0.1) is 0 Å². The van der Waals surface area contributed by atoms with Crippen LogP contribution in [0.5, 0.6) is 0 Å². The first-order chi connectivity index (χ1) is 11.3. The number of sulfonamides is 1. The van der Waals surface area contributed by atoms with Gasteiger partial charge in [0.05, 0.1) is 18.2 Å².